The molecule has 214 valence electrons. The summed E-state index contributed by atoms with van der Waals surface area (Å²) in [6.45, 7) is 7.71. The van der Waals surface area contributed by atoms with Gasteiger partial charge in [0.25, 0.3) is 0 Å². The van der Waals surface area contributed by atoms with Crippen molar-refractivity contribution in [3.8, 4) is 5.69 Å². The van der Waals surface area contributed by atoms with Crippen LogP contribution in [0.15, 0.2) is 35.3 Å². The zero-order valence-corrected chi connectivity index (χ0v) is 23.8. The van der Waals surface area contributed by atoms with Crippen LogP contribution in [-0.2, 0) is 11.3 Å². The normalized spacial score (nSPS) is 19.8. The van der Waals surface area contributed by atoms with Crippen LogP contribution in [0.25, 0.3) is 5.69 Å². The number of hydrogen-bond donors (Lipinski definition) is 4. The molecular formula is C27H41ClN8O3. The summed E-state index contributed by atoms with van der Waals surface area (Å²) in [7, 11) is 0. The number of carbonyl (C=O) groups is 2. The monoisotopic (exact) mass is 560 g/mol. The predicted molar refractivity (Wildman–Crippen MR) is 154 cm³/mol. The summed E-state index contributed by atoms with van der Waals surface area (Å²) in [5.41, 5.74) is 13.5. The zero-order chi connectivity index (χ0) is 27.4. The zero-order valence-electron chi connectivity index (χ0n) is 23.0. The summed E-state index contributed by atoms with van der Waals surface area (Å²) < 4.78 is 1.46. The highest BCUT2D eigenvalue weighted by Gasteiger charge is 2.31. The van der Waals surface area contributed by atoms with E-state index in [1.54, 1.807) is 35.9 Å². The molecule has 0 unspecified atom stereocenters. The summed E-state index contributed by atoms with van der Waals surface area (Å²) in [5, 5.41) is 6.33. The highest BCUT2D eigenvalue weighted by atomic mass is 35.5. The van der Waals surface area contributed by atoms with Crippen LogP contribution in [0.5, 0.6) is 0 Å². The van der Waals surface area contributed by atoms with Crippen LogP contribution in [-0.4, -0.2) is 75.1 Å². The van der Waals surface area contributed by atoms with E-state index in [-0.39, 0.29) is 30.2 Å². The van der Waals surface area contributed by atoms with Crippen molar-refractivity contribution in [2.75, 3.05) is 31.5 Å². The molecule has 1 aromatic heterocycles. The van der Waals surface area contributed by atoms with Crippen molar-refractivity contribution in [2.45, 2.75) is 70.6 Å². The van der Waals surface area contributed by atoms with Crippen LogP contribution >= 0.6 is 12.4 Å². The van der Waals surface area contributed by atoms with Crippen LogP contribution in [0.2, 0.25) is 0 Å². The van der Waals surface area contributed by atoms with Crippen molar-refractivity contribution in [3.05, 3.63) is 52.1 Å². The number of amides is 3. The first kappa shape index (κ1) is 30.6. The number of rotatable bonds is 6. The fourth-order valence-electron chi connectivity index (χ4n) is 4.98. The molecule has 11 nitrogen and oxygen atoms in total. The van der Waals surface area contributed by atoms with Crippen LogP contribution in [0.4, 0.5) is 10.6 Å². The third-order valence-electron chi connectivity index (χ3n) is 7.40. The van der Waals surface area contributed by atoms with Gasteiger partial charge in [0.15, 0.2) is 0 Å². The standard InChI is InChI=1S/C27H40N8O3.ClH/c1-18-16-22(9-4-19(18)17-30-21-7-5-20(28)6-8-21)35-11-10-23(32-26(35)38)31-25(37)34-14-12-33(13-15-34)24(36)27(2,3)29;/h4,9-11,16,20-21,30H,5-8,12-15,17,28-29H2,1-3H3,(H,31,32,37,38);1H. The Morgan fingerprint density at radius 2 is 1.69 bits per heavy atom. The lowest BCUT2D eigenvalue weighted by atomic mass is 9.91. The van der Waals surface area contributed by atoms with Crippen molar-refractivity contribution in [2.24, 2.45) is 11.5 Å². The molecule has 6 N–H and O–H groups in total. The Kier molecular flexibility index (Phi) is 10.1. The molecule has 0 atom stereocenters. The first-order valence-corrected chi connectivity index (χ1v) is 13.3. The number of halogens is 1. The maximum Gasteiger partial charge on any atom is 0.354 e. The van der Waals surface area contributed by atoms with Crippen molar-refractivity contribution in [1.82, 2.24) is 24.7 Å². The maximum absolute atomic E-state index is 12.8. The number of piperazine rings is 1. The van der Waals surface area contributed by atoms with Crippen LogP contribution in [0.3, 0.4) is 0 Å². The third kappa shape index (κ3) is 7.78. The number of nitrogens with zero attached hydrogens (tertiary/aromatic N) is 4. The molecule has 2 heterocycles. The second-order valence-electron chi connectivity index (χ2n) is 11.0. The number of benzene rings is 1. The van der Waals surface area contributed by atoms with E-state index in [4.69, 9.17) is 11.5 Å². The van der Waals surface area contributed by atoms with Gasteiger partial charge in [0.1, 0.15) is 5.82 Å². The van der Waals surface area contributed by atoms with E-state index in [2.05, 4.69) is 15.6 Å². The predicted octanol–water partition coefficient (Wildman–Crippen LogP) is 1.74. The molecule has 1 saturated heterocycles. The van der Waals surface area contributed by atoms with Gasteiger partial charge in [-0.3, -0.25) is 14.7 Å². The van der Waals surface area contributed by atoms with Gasteiger partial charge < -0.3 is 26.6 Å². The van der Waals surface area contributed by atoms with Crippen LogP contribution in [0, 0.1) is 6.92 Å². The number of nitrogens with one attached hydrogen (secondary N) is 2. The molecule has 2 aliphatic rings. The van der Waals surface area contributed by atoms with Crippen molar-refractivity contribution in [3.63, 3.8) is 0 Å². The minimum atomic E-state index is -0.946. The molecular weight excluding hydrogens is 520 g/mol. The van der Waals surface area contributed by atoms with Gasteiger partial charge in [-0.05, 0) is 75.8 Å². The number of urea groups is 1. The van der Waals surface area contributed by atoms with Gasteiger partial charge in [0.05, 0.1) is 11.2 Å². The topological polar surface area (TPSA) is 152 Å². The number of carbonyl (C=O) groups excluding carboxylic acids is 2. The smallest absolute Gasteiger partial charge is 0.338 e. The van der Waals surface area contributed by atoms with Crippen molar-refractivity contribution >= 4 is 30.2 Å². The summed E-state index contributed by atoms with van der Waals surface area (Å²) in [4.78, 5) is 45.2. The summed E-state index contributed by atoms with van der Waals surface area (Å²) in [5.74, 6) is 0.0411. The number of nitrogens with two attached hydrogens (primary N) is 2. The van der Waals surface area contributed by atoms with E-state index >= 15 is 0 Å². The fraction of sp³-hybridized carbons (Fsp3) is 0.556. The van der Waals surface area contributed by atoms with E-state index in [1.807, 2.05) is 25.1 Å². The molecule has 2 fully saturated rings. The third-order valence-corrected chi connectivity index (χ3v) is 7.40. The van der Waals surface area contributed by atoms with Crippen molar-refractivity contribution in [1.29, 1.82) is 0 Å². The second-order valence-corrected chi connectivity index (χ2v) is 11.0. The first-order valence-electron chi connectivity index (χ1n) is 13.3. The van der Waals surface area contributed by atoms with Crippen molar-refractivity contribution < 1.29 is 9.59 Å². The lowest BCUT2D eigenvalue weighted by molar-refractivity contribution is -0.137. The molecule has 1 aromatic carbocycles. The van der Waals surface area contributed by atoms with Gasteiger partial charge in [0.2, 0.25) is 5.91 Å². The van der Waals surface area contributed by atoms with E-state index in [0.717, 1.165) is 37.8 Å². The van der Waals surface area contributed by atoms with Crippen LogP contribution in [0.1, 0.15) is 50.7 Å². The van der Waals surface area contributed by atoms with Gasteiger partial charge in [-0.15, -0.1) is 12.4 Å². The van der Waals surface area contributed by atoms with E-state index < -0.39 is 11.2 Å². The van der Waals surface area contributed by atoms with Gasteiger partial charge in [-0.1, -0.05) is 6.07 Å². The number of aromatic nitrogens is 2. The van der Waals surface area contributed by atoms with E-state index in [0.29, 0.717) is 44.0 Å². The molecule has 0 radical (unpaired) electrons. The minimum Gasteiger partial charge on any atom is -0.338 e. The van der Waals surface area contributed by atoms with E-state index in [9.17, 15) is 14.4 Å². The molecule has 2 aromatic rings. The molecule has 0 bridgehead atoms. The molecule has 12 heteroatoms. The Morgan fingerprint density at radius 3 is 2.28 bits per heavy atom. The van der Waals surface area contributed by atoms with Gasteiger partial charge in [0, 0.05) is 51.0 Å². The number of anilines is 1. The molecule has 0 spiro atoms. The maximum atomic E-state index is 12.8. The Hall–Kier alpha value is -2.99. The molecule has 39 heavy (non-hydrogen) atoms. The van der Waals surface area contributed by atoms with Gasteiger partial charge in [-0.2, -0.15) is 4.98 Å². The lowest BCUT2D eigenvalue weighted by Gasteiger charge is -2.37. The van der Waals surface area contributed by atoms with Crippen LogP contribution < -0.4 is 27.8 Å². The summed E-state index contributed by atoms with van der Waals surface area (Å²) >= 11 is 0. The number of hydrogen-bond acceptors (Lipinski definition) is 7. The average Bonchev–Trinajstić information content (AvgIpc) is 2.88. The summed E-state index contributed by atoms with van der Waals surface area (Å²) in [6.07, 6.45) is 5.94. The molecule has 4 rings (SSSR count). The molecule has 1 aliphatic heterocycles. The fourth-order valence-corrected chi connectivity index (χ4v) is 4.98. The number of aryl methyl sites for hydroxylation is 1. The highest BCUT2D eigenvalue weighted by Crippen LogP contribution is 2.19. The first-order chi connectivity index (χ1) is 18.0. The minimum absolute atomic E-state index is 0. The van der Waals surface area contributed by atoms with Gasteiger partial charge in [-0.25, -0.2) is 9.59 Å². The Labute approximate surface area is 235 Å². The quantitative estimate of drug-likeness (QED) is 0.420. The largest absolute Gasteiger partial charge is 0.354 e. The SMILES string of the molecule is Cc1cc(-n2ccc(NC(=O)N3CCN(C(=O)C(C)(C)N)CC3)nc2=O)ccc1CNC1CCC(N)CC1.Cl. The Bertz CT molecular complexity index is 1210. The Morgan fingerprint density at radius 1 is 1.05 bits per heavy atom. The lowest BCUT2D eigenvalue weighted by Crippen LogP contribution is -2.58. The highest BCUT2D eigenvalue weighted by molar-refractivity contribution is 5.89. The second kappa shape index (κ2) is 12.9. The van der Waals surface area contributed by atoms with Gasteiger partial charge >= 0.3 is 11.7 Å². The molecule has 1 aliphatic carbocycles. The van der Waals surface area contributed by atoms with E-state index in [1.165, 1.54) is 10.1 Å². The molecule has 3 amide bonds. The Balaban J connectivity index is 0.00000420. The summed E-state index contributed by atoms with van der Waals surface area (Å²) in [6, 6.07) is 7.98. The molecule has 1 saturated carbocycles. The average molecular weight is 561 g/mol.